The first kappa shape index (κ1) is 10.6. The van der Waals surface area contributed by atoms with Crippen LogP contribution in [-0.4, -0.2) is 37.0 Å². The van der Waals surface area contributed by atoms with Crippen molar-refractivity contribution in [2.24, 2.45) is 17.8 Å². The van der Waals surface area contributed by atoms with Gasteiger partial charge in [0.15, 0.2) is 0 Å². The molecule has 2 aliphatic carbocycles. The molecule has 1 amide bonds. The molecule has 1 N–H and O–H groups in total. The summed E-state index contributed by atoms with van der Waals surface area (Å²) in [4.78, 5) is 14.2. The predicted molar refractivity (Wildman–Crippen MR) is 63.0 cm³/mol. The van der Waals surface area contributed by atoms with Crippen molar-refractivity contribution >= 4 is 5.91 Å². The summed E-state index contributed by atoms with van der Waals surface area (Å²) in [6, 6.07) is 0. The number of nitrogens with one attached hydrogen (secondary N) is 1. The Morgan fingerprint density at radius 3 is 2.62 bits per heavy atom. The van der Waals surface area contributed by atoms with Crippen molar-refractivity contribution in [1.82, 2.24) is 10.2 Å². The smallest absolute Gasteiger partial charge is 0.222 e. The molecule has 0 aromatic carbocycles. The van der Waals surface area contributed by atoms with Crippen molar-refractivity contribution in [3.63, 3.8) is 0 Å². The molecule has 0 aromatic heterocycles. The van der Waals surface area contributed by atoms with Gasteiger partial charge in [0.1, 0.15) is 0 Å². The van der Waals surface area contributed by atoms with Crippen LogP contribution < -0.4 is 5.32 Å². The third-order valence-corrected chi connectivity index (χ3v) is 4.79. The maximum Gasteiger partial charge on any atom is 0.222 e. The summed E-state index contributed by atoms with van der Waals surface area (Å²) in [5, 5.41) is 3.30. The first-order valence-corrected chi connectivity index (χ1v) is 6.81. The van der Waals surface area contributed by atoms with Crippen molar-refractivity contribution < 1.29 is 4.79 Å². The number of amides is 1. The van der Waals surface area contributed by atoms with Gasteiger partial charge in [-0.2, -0.15) is 0 Å². The Morgan fingerprint density at radius 1 is 1.19 bits per heavy atom. The topological polar surface area (TPSA) is 32.3 Å². The van der Waals surface area contributed by atoms with Crippen LogP contribution in [0.25, 0.3) is 0 Å². The van der Waals surface area contributed by atoms with E-state index >= 15 is 0 Å². The lowest BCUT2D eigenvalue weighted by Crippen LogP contribution is -2.47. The van der Waals surface area contributed by atoms with Crippen LogP contribution in [0.5, 0.6) is 0 Å². The SMILES string of the molecule is O=C(CC1CC2CCC1C2)N1CCNCC1. The fraction of sp³-hybridized carbons (Fsp3) is 0.923. The van der Waals surface area contributed by atoms with Crippen LogP contribution in [0.1, 0.15) is 32.1 Å². The predicted octanol–water partition coefficient (Wildman–Crippen LogP) is 1.24. The average molecular weight is 222 g/mol. The van der Waals surface area contributed by atoms with Crippen LogP contribution in [0.3, 0.4) is 0 Å². The number of nitrogens with zero attached hydrogens (tertiary/aromatic N) is 1. The van der Waals surface area contributed by atoms with E-state index in [1.165, 1.54) is 25.7 Å². The second-order valence-electron chi connectivity index (χ2n) is 5.77. The van der Waals surface area contributed by atoms with E-state index in [9.17, 15) is 4.79 Å². The minimum absolute atomic E-state index is 0.416. The van der Waals surface area contributed by atoms with E-state index in [0.29, 0.717) is 5.91 Å². The molecule has 0 radical (unpaired) electrons. The summed E-state index contributed by atoms with van der Waals surface area (Å²) in [5.41, 5.74) is 0. The van der Waals surface area contributed by atoms with Gasteiger partial charge in [0.25, 0.3) is 0 Å². The summed E-state index contributed by atoms with van der Waals surface area (Å²) >= 11 is 0. The Balaban J connectivity index is 1.52. The van der Waals surface area contributed by atoms with Crippen molar-refractivity contribution in [3.8, 4) is 0 Å². The van der Waals surface area contributed by atoms with Crippen LogP contribution >= 0.6 is 0 Å². The van der Waals surface area contributed by atoms with Crippen molar-refractivity contribution in [2.45, 2.75) is 32.1 Å². The van der Waals surface area contributed by atoms with Crippen LogP contribution in [0.15, 0.2) is 0 Å². The zero-order chi connectivity index (χ0) is 11.0. The molecule has 3 fully saturated rings. The molecular formula is C13H22N2O. The van der Waals surface area contributed by atoms with Crippen LogP contribution in [0.4, 0.5) is 0 Å². The minimum atomic E-state index is 0.416. The third kappa shape index (κ3) is 1.97. The number of hydrogen-bond acceptors (Lipinski definition) is 2. The molecule has 0 spiro atoms. The molecule has 16 heavy (non-hydrogen) atoms. The molecule has 3 heteroatoms. The number of carbonyl (C=O) groups is 1. The van der Waals surface area contributed by atoms with E-state index in [4.69, 9.17) is 0 Å². The highest BCUT2D eigenvalue weighted by molar-refractivity contribution is 5.76. The van der Waals surface area contributed by atoms with Gasteiger partial charge in [-0.3, -0.25) is 4.79 Å². The van der Waals surface area contributed by atoms with E-state index < -0.39 is 0 Å². The van der Waals surface area contributed by atoms with Crippen LogP contribution in [0.2, 0.25) is 0 Å². The summed E-state index contributed by atoms with van der Waals surface area (Å²) in [6.45, 7) is 3.78. The van der Waals surface area contributed by atoms with Gasteiger partial charge in [0.2, 0.25) is 5.91 Å². The Kier molecular flexibility index (Phi) is 2.88. The molecule has 3 atom stereocenters. The van der Waals surface area contributed by atoms with Gasteiger partial charge in [-0.15, -0.1) is 0 Å². The lowest BCUT2D eigenvalue weighted by molar-refractivity contribution is -0.133. The Hall–Kier alpha value is -0.570. The monoisotopic (exact) mass is 222 g/mol. The maximum absolute atomic E-state index is 12.1. The first-order valence-electron chi connectivity index (χ1n) is 6.81. The van der Waals surface area contributed by atoms with E-state index in [1.54, 1.807) is 0 Å². The normalized spacial score (nSPS) is 38.0. The summed E-state index contributed by atoms with van der Waals surface area (Å²) in [5.74, 6) is 2.99. The van der Waals surface area contributed by atoms with Crippen molar-refractivity contribution in [2.75, 3.05) is 26.2 Å². The molecular weight excluding hydrogens is 200 g/mol. The lowest BCUT2D eigenvalue weighted by atomic mass is 9.86. The second kappa shape index (κ2) is 4.36. The highest BCUT2D eigenvalue weighted by Gasteiger charge is 2.40. The standard InChI is InChI=1S/C13H22N2O/c16-13(15-5-3-14-4-6-15)9-12-8-10-1-2-11(12)7-10/h10-12,14H,1-9H2. The van der Waals surface area contributed by atoms with Gasteiger partial charge >= 0.3 is 0 Å². The molecule has 1 aliphatic heterocycles. The molecule has 3 nitrogen and oxygen atoms in total. The third-order valence-electron chi connectivity index (χ3n) is 4.79. The molecule has 1 heterocycles. The summed E-state index contributed by atoms with van der Waals surface area (Å²) in [6.07, 6.45) is 6.41. The van der Waals surface area contributed by atoms with Gasteiger partial charge in [-0.25, -0.2) is 0 Å². The van der Waals surface area contributed by atoms with E-state index in [2.05, 4.69) is 10.2 Å². The molecule has 2 bridgehead atoms. The van der Waals surface area contributed by atoms with E-state index in [-0.39, 0.29) is 0 Å². The quantitative estimate of drug-likeness (QED) is 0.762. The second-order valence-corrected chi connectivity index (χ2v) is 5.77. The minimum Gasteiger partial charge on any atom is -0.340 e. The highest BCUT2D eigenvalue weighted by atomic mass is 16.2. The van der Waals surface area contributed by atoms with Gasteiger partial charge < -0.3 is 10.2 Å². The fourth-order valence-corrected chi connectivity index (χ4v) is 3.89. The lowest BCUT2D eigenvalue weighted by Gasteiger charge is -2.30. The number of carbonyl (C=O) groups excluding carboxylic acids is 1. The average Bonchev–Trinajstić information content (AvgIpc) is 2.92. The molecule has 0 aromatic rings. The number of piperazine rings is 1. The maximum atomic E-state index is 12.1. The number of rotatable bonds is 2. The molecule has 90 valence electrons. The van der Waals surface area contributed by atoms with Gasteiger partial charge in [-0.1, -0.05) is 6.42 Å². The fourth-order valence-electron chi connectivity index (χ4n) is 3.89. The first-order chi connectivity index (χ1) is 7.83. The number of fused-ring (bicyclic) bond motifs is 2. The number of hydrogen-bond donors (Lipinski definition) is 1. The summed E-state index contributed by atoms with van der Waals surface area (Å²) < 4.78 is 0. The molecule has 3 rings (SSSR count). The zero-order valence-corrected chi connectivity index (χ0v) is 9.95. The summed E-state index contributed by atoms with van der Waals surface area (Å²) in [7, 11) is 0. The highest BCUT2D eigenvalue weighted by Crippen LogP contribution is 2.49. The van der Waals surface area contributed by atoms with Gasteiger partial charge in [0.05, 0.1) is 0 Å². The van der Waals surface area contributed by atoms with Crippen molar-refractivity contribution in [3.05, 3.63) is 0 Å². The van der Waals surface area contributed by atoms with Gasteiger partial charge in [0, 0.05) is 32.6 Å². The van der Waals surface area contributed by atoms with E-state index in [0.717, 1.165) is 50.4 Å². The molecule has 1 saturated heterocycles. The molecule has 3 unspecified atom stereocenters. The van der Waals surface area contributed by atoms with Crippen LogP contribution in [0, 0.1) is 17.8 Å². The largest absolute Gasteiger partial charge is 0.340 e. The van der Waals surface area contributed by atoms with Gasteiger partial charge in [-0.05, 0) is 37.0 Å². The molecule has 3 aliphatic rings. The van der Waals surface area contributed by atoms with Crippen LogP contribution in [-0.2, 0) is 4.79 Å². The zero-order valence-electron chi connectivity index (χ0n) is 9.95. The molecule has 2 saturated carbocycles. The van der Waals surface area contributed by atoms with Crippen molar-refractivity contribution in [1.29, 1.82) is 0 Å². The van der Waals surface area contributed by atoms with E-state index in [1.807, 2.05) is 0 Å². The Bertz CT molecular complexity index is 273. The Morgan fingerprint density at radius 2 is 2.00 bits per heavy atom. The Labute approximate surface area is 97.6 Å².